The third kappa shape index (κ3) is 1.82. The van der Waals surface area contributed by atoms with E-state index >= 15 is 0 Å². The molecule has 4 heteroatoms. The quantitative estimate of drug-likeness (QED) is 0.759. The lowest BCUT2D eigenvalue weighted by Crippen LogP contribution is -2.29. The largest absolute Gasteiger partial charge is 0.343 e. The number of aromatic nitrogens is 3. The van der Waals surface area contributed by atoms with Gasteiger partial charge in [-0.3, -0.25) is 0 Å². The lowest BCUT2D eigenvalue weighted by atomic mass is 10.0. The summed E-state index contributed by atoms with van der Waals surface area (Å²) in [6.45, 7) is 0. The molecule has 0 radical (unpaired) electrons. The summed E-state index contributed by atoms with van der Waals surface area (Å²) in [6.07, 6.45) is 8.31. The van der Waals surface area contributed by atoms with Crippen molar-refractivity contribution in [3.05, 3.63) is 23.8 Å². The van der Waals surface area contributed by atoms with Gasteiger partial charge in [0.25, 0.3) is 0 Å². The number of fused-ring (bicyclic) bond motifs is 3. The van der Waals surface area contributed by atoms with Crippen LogP contribution in [-0.4, -0.2) is 40.0 Å². The number of hydrogen-bond acceptors (Lipinski definition) is 3. The first-order valence-electron chi connectivity index (χ1n) is 6.21. The van der Waals surface area contributed by atoms with Crippen LogP contribution in [-0.2, 0) is 12.8 Å². The summed E-state index contributed by atoms with van der Waals surface area (Å²) >= 11 is 0. The number of nitrogens with zero attached hydrogens (tertiary/aromatic N) is 3. The number of likely N-dealkylation sites (N-methyl/N-ethyl adjacent to an activating group) is 1. The second-order valence-electron chi connectivity index (χ2n) is 5.08. The molecule has 3 rings (SSSR count). The van der Waals surface area contributed by atoms with Gasteiger partial charge in [0.15, 0.2) is 0 Å². The van der Waals surface area contributed by atoms with Gasteiger partial charge in [0.2, 0.25) is 0 Å². The minimum atomic E-state index is 0.635. The Hall–Kier alpha value is -1.42. The molecule has 0 bridgehead atoms. The number of rotatable bonds is 1. The molecule has 1 aliphatic rings. The molecule has 0 saturated heterocycles. The zero-order chi connectivity index (χ0) is 11.8. The third-order valence-corrected chi connectivity index (χ3v) is 3.81. The molecule has 0 aromatic carbocycles. The minimum Gasteiger partial charge on any atom is -0.343 e. The zero-order valence-corrected chi connectivity index (χ0v) is 10.4. The smallest absolute Gasteiger partial charge is 0.141 e. The van der Waals surface area contributed by atoms with Gasteiger partial charge in [-0.2, -0.15) is 0 Å². The van der Waals surface area contributed by atoms with Gasteiger partial charge in [0, 0.05) is 23.3 Å². The molecule has 0 aliphatic heterocycles. The lowest BCUT2D eigenvalue weighted by molar-refractivity contribution is 0.277. The fourth-order valence-electron chi connectivity index (χ4n) is 2.77. The van der Waals surface area contributed by atoms with Crippen LogP contribution in [0.2, 0.25) is 0 Å². The molecular weight excluding hydrogens is 212 g/mol. The van der Waals surface area contributed by atoms with E-state index in [1.807, 2.05) is 6.20 Å². The van der Waals surface area contributed by atoms with E-state index in [4.69, 9.17) is 0 Å². The molecule has 1 atom stereocenters. The van der Waals surface area contributed by atoms with Crippen LogP contribution >= 0.6 is 0 Å². The highest BCUT2D eigenvalue weighted by molar-refractivity contribution is 5.80. The van der Waals surface area contributed by atoms with Gasteiger partial charge in [0.05, 0.1) is 0 Å². The van der Waals surface area contributed by atoms with Gasteiger partial charge < -0.3 is 9.88 Å². The SMILES string of the molecule is CN(C)C1CCCc2[nH]c3ncncc3c2C1. The number of H-pyrrole nitrogens is 1. The first kappa shape index (κ1) is 10.7. The first-order chi connectivity index (χ1) is 8.25. The molecule has 1 aliphatic carbocycles. The molecule has 0 spiro atoms. The van der Waals surface area contributed by atoms with Crippen LogP contribution < -0.4 is 0 Å². The Labute approximate surface area is 101 Å². The number of aryl methyl sites for hydroxylation is 1. The lowest BCUT2D eigenvalue weighted by Gasteiger charge is -2.22. The molecule has 2 aromatic rings. The average molecular weight is 230 g/mol. The van der Waals surface area contributed by atoms with Crippen molar-refractivity contribution in [1.82, 2.24) is 19.9 Å². The van der Waals surface area contributed by atoms with Crippen molar-refractivity contribution in [2.45, 2.75) is 31.7 Å². The molecular formula is C13H18N4. The second kappa shape index (κ2) is 4.11. The Balaban J connectivity index is 2.08. The number of hydrogen-bond donors (Lipinski definition) is 1. The summed E-state index contributed by atoms with van der Waals surface area (Å²) in [6, 6.07) is 0.635. The maximum Gasteiger partial charge on any atom is 0.141 e. The Kier molecular flexibility index (Phi) is 2.59. The Morgan fingerprint density at radius 3 is 3.12 bits per heavy atom. The van der Waals surface area contributed by atoms with Crippen LogP contribution in [0.15, 0.2) is 12.5 Å². The minimum absolute atomic E-state index is 0.635. The van der Waals surface area contributed by atoms with Crippen molar-refractivity contribution < 1.29 is 0 Å². The molecule has 0 saturated carbocycles. The Morgan fingerprint density at radius 1 is 1.41 bits per heavy atom. The predicted octanol–water partition coefficient (Wildman–Crippen LogP) is 1.77. The van der Waals surface area contributed by atoms with Gasteiger partial charge in [-0.25, -0.2) is 9.97 Å². The maximum absolute atomic E-state index is 4.31. The first-order valence-corrected chi connectivity index (χ1v) is 6.21. The monoisotopic (exact) mass is 230 g/mol. The normalized spacial score (nSPS) is 20.5. The van der Waals surface area contributed by atoms with Crippen molar-refractivity contribution in [1.29, 1.82) is 0 Å². The highest BCUT2D eigenvalue weighted by Gasteiger charge is 2.22. The summed E-state index contributed by atoms with van der Waals surface area (Å²) in [5.74, 6) is 0. The van der Waals surface area contributed by atoms with E-state index in [1.165, 1.54) is 29.5 Å². The van der Waals surface area contributed by atoms with Crippen molar-refractivity contribution in [2.75, 3.05) is 14.1 Å². The topological polar surface area (TPSA) is 44.8 Å². The highest BCUT2D eigenvalue weighted by atomic mass is 15.1. The molecule has 0 amide bonds. The third-order valence-electron chi connectivity index (χ3n) is 3.81. The molecule has 4 nitrogen and oxygen atoms in total. The summed E-state index contributed by atoms with van der Waals surface area (Å²) < 4.78 is 0. The number of aromatic amines is 1. The Bertz CT molecular complexity index is 529. The van der Waals surface area contributed by atoms with E-state index in [2.05, 4.69) is 33.9 Å². The van der Waals surface area contributed by atoms with Crippen LogP contribution in [0, 0.1) is 0 Å². The van der Waals surface area contributed by atoms with Crippen molar-refractivity contribution in [3.63, 3.8) is 0 Å². The molecule has 2 aromatic heterocycles. The number of nitrogens with one attached hydrogen (secondary N) is 1. The maximum atomic E-state index is 4.31. The van der Waals surface area contributed by atoms with Crippen molar-refractivity contribution in [3.8, 4) is 0 Å². The highest BCUT2D eigenvalue weighted by Crippen LogP contribution is 2.28. The van der Waals surface area contributed by atoms with Gasteiger partial charge in [-0.1, -0.05) is 0 Å². The Morgan fingerprint density at radius 2 is 2.29 bits per heavy atom. The van der Waals surface area contributed by atoms with E-state index in [9.17, 15) is 0 Å². The van der Waals surface area contributed by atoms with Gasteiger partial charge >= 0.3 is 0 Å². The average Bonchev–Trinajstić information content (AvgIpc) is 2.53. The van der Waals surface area contributed by atoms with Crippen LogP contribution in [0.4, 0.5) is 0 Å². The van der Waals surface area contributed by atoms with Crippen molar-refractivity contribution >= 4 is 11.0 Å². The molecule has 17 heavy (non-hydrogen) atoms. The van der Waals surface area contributed by atoms with E-state index in [0.717, 1.165) is 18.5 Å². The molecule has 0 fully saturated rings. The fraction of sp³-hybridized carbons (Fsp3) is 0.538. The van der Waals surface area contributed by atoms with Crippen LogP contribution in [0.1, 0.15) is 24.1 Å². The van der Waals surface area contributed by atoms with E-state index in [1.54, 1.807) is 6.33 Å². The zero-order valence-electron chi connectivity index (χ0n) is 10.4. The van der Waals surface area contributed by atoms with Gasteiger partial charge in [0.1, 0.15) is 12.0 Å². The van der Waals surface area contributed by atoms with E-state index in [-0.39, 0.29) is 0 Å². The molecule has 1 N–H and O–H groups in total. The fourth-order valence-corrected chi connectivity index (χ4v) is 2.77. The summed E-state index contributed by atoms with van der Waals surface area (Å²) in [5.41, 5.74) is 3.78. The van der Waals surface area contributed by atoms with Crippen LogP contribution in [0.3, 0.4) is 0 Å². The second-order valence-corrected chi connectivity index (χ2v) is 5.08. The summed E-state index contributed by atoms with van der Waals surface area (Å²) in [5, 5.41) is 1.20. The van der Waals surface area contributed by atoms with Crippen LogP contribution in [0.5, 0.6) is 0 Å². The van der Waals surface area contributed by atoms with Gasteiger partial charge in [-0.15, -0.1) is 0 Å². The van der Waals surface area contributed by atoms with Crippen molar-refractivity contribution in [2.24, 2.45) is 0 Å². The van der Waals surface area contributed by atoms with E-state index in [0.29, 0.717) is 6.04 Å². The molecule has 90 valence electrons. The van der Waals surface area contributed by atoms with Gasteiger partial charge in [-0.05, 0) is 45.3 Å². The van der Waals surface area contributed by atoms with E-state index < -0.39 is 0 Å². The molecule has 1 unspecified atom stereocenters. The summed E-state index contributed by atoms with van der Waals surface area (Å²) in [4.78, 5) is 14.2. The standard InChI is InChI=1S/C13H18N4/c1-17(2)9-4-3-5-12-10(6-9)11-7-14-8-15-13(11)16-12/h7-9H,3-6H2,1-2H3,(H,14,15,16). The van der Waals surface area contributed by atoms with Crippen LogP contribution in [0.25, 0.3) is 11.0 Å². The molecule has 2 heterocycles. The summed E-state index contributed by atoms with van der Waals surface area (Å²) in [7, 11) is 4.34. The predicted molar refractivity (Wildman–Crippen MR) is 68.0 cm³/mol.